The number of amides is 2. The van der Waals surface area contributed by atoms with E-state index < -0.39 is 23.6 Å². The highest BCUT2D eigenvalue weighted by molar-refractivity contribution is 5.83. The summed E-state index contributed by atoms with van der Waals surface area (Å²) in [5.74, 6) is -0.499. The van der Waals surface area contributed by atoms with E-state index in [1.165, 1.54) is 12.0 Å². The van der Waals surface area contributed by atoms with E-state index in [4.69, 9.17) is 14.6 Å². The van der Waals surface area contributed by atoms with Gasteiger partial charge in [-0.15, -0.1) is 0 Å². The standard InChI is InChI=1S/C13H26N2O5/c1-10(11(17)20-13(2,3)4)14-12(18)15(6-8-16)7-9-19-5/h10,16H,6-9H2,1-5H3,(H,14,18)/t10-/m0/s1. The molecule has 0 bridgehead atoms. The third-order valence-electron chi connectivity index (χ3n) is 2.32. The van der Waals surface area contributed by atoms with Crippen molar-refractivity contribution in [2.75, 3.05) is 33.4 Å². The van der Waals surface area contributed by atoms with Gasteiger partial charge in [-0.1, -0.05) is 0 Å². The molecule has 0 aromatic carbocycles. The van der Waals surface area contributed by atoms with Crippen molar-refractivity contribution in [1.82, 2.24) is 10.2 Å². The van der Waals surface area contributed by atoms with Crippen LogP contribution in [0.3, 0.4) is 0 Å². The molecule has 0 aromatic rings. The second-order valence-electron chi connectivity index (χ2n) is 5.41. The summed E-state index contributed by atoms with van der Waals surface area (Å²) in [5.41, 5.74) is -0.600. The van der Waals surface area contributed by atoms with E-state index in [9.17, 15) is 9.59 Å². The first-order chi connectivity index (χ1) is 9.21. The van der Waals surface area contributed by atoms with Gasteiger partial charge in [-0.2, -0.15) is 0 Å². The number of hydrogen-bond acceptors (Lipinski definition) is 5. The van der Waals surface area contributed by atoms with E-state index in [2.05, 4.69) is 5.32 Å². The Balaban J connectivity index is 4.42. The van der Waals surface area contributed by atoms with Gasteiger partial charge in [-0.25, -0.2) is 9.59 Å². The van der Waals surface area contributed by atoms with Crippen molar-refractivity contribution in [3.05, 3.63) is 0 Å². The number of aliphatic hydroxyl groups excluding tert-OH is 1. The molecule has 7 heteroatoms. The lowest BCUT2D eigenvalue weighted by atomic mass is 10.2. The van der Waals surface area contributed by atoms with Crippen molar-refractivity contribution in [2.45, 2.75) is 39.3 Å². The lowest BCUT2D eigenvalue weighted by Gasteiger charge is -2.26. The molecule has 0 rings (SSSR count). The van der Waals surface area contributed by atoms with Gasteiger partial charge in [0.1, 0.15) is 11.6 Å². The van der Waals surface area contributed by atoms with Gasteiger partial charge in [0, 0.05) is 20.2 Å². The molecule has 0 aromatic heterocycles. The van der Waals surface area contributed by atoms with Gasteiger partial charge < -0.3 is 24.8 Å². The fourth-order valence-electron chi connectivity index (χ4n) is 1.36. The lowest BCUT2D eigenvalue weighted by molar-refractivity contribution is -0.156. The van der Waals surface area contributed by atoms with E-state index in [1.54, 1.807) is 27.7 Å². The van der Waals surface area contributed by atoms with Crippen molar-refractivity contribution in [2.24, 2.45) is 0 Å². The summed E-state index contributed by atoms with van der Waals surface area (Å²) in [5, 5.41) is 11.5. The van der Waals surface area contributed by atoms with Crippen LogP contribution in [0.15, 0.2) is 0 Å². The number of rotatable bonds is 7. The summed E-state index contributed by atoms with van der Waals surface area (Å²) in [6, 6.07) is -1.19. The Kier molecular flexibility index (Phi) is 8.17. The Hall–Kier alpha value is -1.34. The summed E-state index contributed by atoms with van der Waals surface area (Å²) in [6.07, 6.45) is 0. The van der Waals surface area contributed by atoms with Crippen molar-refractivity contribution >= 4 is 12.0 Å². The molecule has 0 saturated heterocycles. The van der Waals surface area contributed by atoms with Crippen LogP contribution in [0.5, 0.6) is 0 Å². The third kappa shape index (κ3) is 7.96. The van der Waals surface area contributed by atoms with Gasteiger partial charge in [0.15, 0.2) is 0 Å². The highest BCUT2D eigenvalue weighted by Gasteiger charge is 2.24. The van der Waals surface area contributed by atoms with Crippen LogP contribution >= 0.6 is 0 Å². The van der Waals surface area contributed by atoms with Gasteiger partial charge in [0.2, 0.25) is 0 Å². The van der Waals surface area contributed by atoms with E-state index in [1.807, 2.05) is 0 Å². The molecule has 0 heterocycles. The fourth-order valence-corrected chi connectivity index (χ4v) is 1.36. The minimum Gasteiger partial charge on any atom is -0.458 e. The van der Waals surface area contributed by atoms with Crippen LogP contribution in [0.1, 0.15) is 27.7 Å². The van der Waals surface area contributed by atoms with Crippen LogP contribution in [0.25, 0.3) is 0 Å². The number of aliphatic hydroxyl groups is 1. The summed E-state index contributed by atoms with van der Waals surface area (Å²) in [4.78, 5) is 25.1. The number of urea groups is 1. The van der Waals surface area contributed by atoms with Crippen molar-refractivity contribution in [3.63, 3.8) is 0 Å². The molecule has 0 unspecified atom stereocenters. The molecular formula is C13H26N2O5. The summed E-state index contributed by atoms with van der Waals surface area (Å²) in [7, 11) is 1.53. The lowest BCUT2D eigenvalue weighted by Crippen LogP contribution is -2.49. The van der Waals surface area contributed by atoms with Gasteiger partial charge in [0.25, 0.3) is 0 Å². The first-order valence-corrected chi connectivity index (χ1v) is 6.59. The average molecular weight is 290 g/mol. The van der Waals surface area contributed by atoms with Crippen LogP contribution in [0, 0.1) is 0 Å². The van der Waals surface area contributed by atoms with Gasteiger partial charge >= 0.3 is 12.0 Å². The normalized spacial score (nSPS) is 12.7. The molecule has 0 aliphatic heterocycles. The predicted octanol–water partition coefficient (Wildman–Crippen LogP) is 0.367. The molecule has 118 valence electrons. The summed E-state index contributed by atoms with van der Waals surface area (Å²) >= 11 is 0. The Morgan fingerprint density at radius 3 is 2.35 bits per heavy atom. The Morgan fingerprint density at radius 1 is 1.30 bits per heavy atom. The van der Waals surface area contributed by atoms with Crippen molar-refractivity contribution < 1.29 is 24.2 Å². The van der Waals surface area contributed by atoms with Gasteiger partial charge in [-0.3, -0.25) is 0 Å². The van der Waals surface area contributed by atoms with Gasteiger partial charge in [-0.05, 0) is 27.7 Å². The quantitative estimate of drug-likeness (QED) is 0.661. The van der Waals surface area contributed by atoms with Crippen molar-refractivity contribution in [1.29, 1.82) is 0 Å². The second kappa shape index (κ2) is 8.76. The Bertz CT molecular complexity index is 314. The second-order valence-corrected chi connectivity index (χ2v) is 5.41. The molecule has 1 atom stereocenters. The average Bonchev–Trinajstić information content (AvgIpc) is 2.32. The zero-order valence-electron chi connectivity index (χ0n) is 12.9. The minimum atomic E-state index is -0.759. The SMILES string of the molecule is COCCN(CCO)C(=O)N[C@@H](C)C(=O)OC(C)(C)C. The molecule has 2 amide bonds. The number of carbonyl (C=O) groups is 2. The topological polar surface area (TPSA) is 88.1 Å². The third-order valence-corrected chi connectivity index (χ3v) is 2.32. The Labute approximate surface area is 120 Å². The first kappa shape index (κ1) is 18.7. The zero-order valence-corrected chi connectivity index (χ0v) is 12.9. The maximum Gasteiger partial charge on any atom is 0.328 e. The molecule has 0 aliphatic rings. The summed E-state index contributed by atoms with van der Waals surface area (Å²) < 4.78 is 10.1. The predicted molar refractivity (Wildman–Crippen MR) is 74.4 cm³/mol. The molecule has 20 heavy (non-hydrogen) atoms. The van der Waals surface area contributed by atoms with Gasteiger partial charge in [0.05, 0.1) is 13.2 Å². The van der Waals surface area contributed by atoms with Crippen LogP contribution in [0.4, 0.5) is 4.79 Å². The number of ether oxygens (including phenoxy) is 2. The number of methoxy groups -OCH3 is 1. The molecule has 2 N–H and O–H groups in total. The number of esters is 1. The zero-order chi connectivity index (χ0) is 15.8. The largest absolute Gasteiger partial charge is 0.458 e. The maximum atomic E-state index is 12.0. The summed E-state index contributed by atoms with van der Waals surface area (Å²) in [6.45, 7) is 7.55. The molecule has 0 fully saturated rings. The van der Waals surface area contributed by atoms with E-state index in [0.717, 1.165) is 0 Å². The monoisotopic (exact) mass is 290 g/mol. The highest BCUT2D eigenvalue weighted by atomic mass is 16.6. The molecule has 0 saturated carbocycles. The van der Waals surface area contributed by atoms with E-state index in [-0.39, 0.29) is 13.2 Å². The molecular weight excluding hydrogens is 264 g/mol. The fraction of sp³-hybridized carbons (Fsp3) is 0.846. The minimum absolute atomic E-state index is 0.155. The van der Waals surface area contributed by atoms with Crippen molar-refractivity contribution in [3.8, 4) is 0 Å². The highest BCUT2D eigenvalue weighted by Crippen LogP contribution is 2.08. The van der Waals surface area contributed by atoms with Crippen LogP contribution in [-0.2, 0) is 14.3 Å². The maximum absolute atomic E-state index is 12.0. The van der Waals surface area contributed by atoms with E-state index in [0.29, 0.717) is 13.2 Å². The molecule has 0 spiro atoms. The number of hydrogen-bond donors (Lipinski definition) is 2. The van der Waals surface area contributed by atoms with Crippen LogP contribution in [-0.4, -0.2) is 67.1 Å². The van der Waals surface area contributed by atoms with E-state index >= 15 is 0 Å². The molecule has 7 nitrogen and oxygen atoms in total. The Morgan fingerprint density at radius 2 is 1.90 bits per heavy atom. The number of nitrogens with zero attached hydrogens (tertiary/aromatic N) is 1. The molecule has 0 aliphatic carbocycles. The van der Waals surface area contributed by atoms with Crippen LogP contribution in [0.2, 0.25) is 0 Å². The number of carbonyl (C=O) groups excluding carboxylic acids is 2. The smallest absolute Gasteiger partial charge is 0.328 e. The first-order valence-electron chi connectivity index (χ1n) is 6.59. The molecule has 0 radical (unpaired) electrons. The van der Waals surface area contributed by atoms with Crippen LogP contribution < -0.4 is 5.32 Å². The number of nitrogens with one attached hydrogen (secondary N) is 1.